The summed E-state index contributed by atoms with van der Waals surface area (Å²) < 4.78 is 0. The van der Waals surface area contributed by atoms with E-state index >= 15 is 0 Å². The number of hydrogen-bond donors (Lipinski definition) is 2. The molecular formula is C19H22N2O2. The van der Waals surface area contributed by atoms with Crippen molar-refractivity contribution in [1.29, 1.82) is 0 Å². The number of amides is 2. The van der Waals surface area contributed by atoms with E-state index in [1.54, 1.807) is 0 Å². The summed E-state index contributed by atoms with van der Waals surface area (Å²) >= 11 is 0. The van der Waals surface area contributed by atoms with Crippen LogP contribution in [0.3, 0.4) is 0 Å². The number of nitrogens with one attached hydrogen (secondary N) is 2. The van der Waals surface area contributed by atoms with E-state index in [-0.39, 0.29) is 18.4 Å². The monoisotopic (exact) mass is 310 g/mol. The first-order valence-electron chi connectivity index (χ1n) is 7.85. The van der Waals surface area contributed by atoms with Gasteiger partial charge >= 0.3 is 0 Å². The van der Waals surface area contributed by atoms with Crippen molar-refractivity contribution in [3.63, 3.8) is 0 Å². The molecule has 0 atom stereocenters. The summed E-state index contributed by atoms with van der Waals surface area (Å²) in [5.74, 6) is -0.263. The van der Waals surface area contributed by atoms with Crippen LogP contribution in [0.4, 0.5) is 0 Å². The molecule has 0 aliphatic heterocycles. The average Bonchev–Trinajstić information content (AvgIpc) is 2.60. The van der Waals surface area contributed by atoms with Crippen LogP contribution in [-0.2, 0) is 22.4 Å². The molecule has 0 spiro atoms. The lowest BCUT2D eigenvalue weighted by Gasteiger charge is -2.07. The fourth-order valence-electron chi connectivity index (χ4n) is 2.22. The minimum atomic E-state index is -0.158. The van der Waals surface area contributed by atoms with E-state index in [9.17, 15) is 9.59 Å². The Balaban J connectivity index is 1.57. The maximum Gasteiger partial charge on any atom is 0.239 e. The van der Waals surface area contributed by atoms with Crippen LogP contribution in [0.15, 0.2) is 60.7 Å². The molecule has 0 fully saturated rings. The first-order valence-corrected chi connectivity index (χ1v) is 7.85. The highest BCUT2D eigenvalue weighted by molar-refractivity contribution is 5.84. The fraction of sp³-hybridized carbons (Fsp3) is 0.263. The normalized spacial score (nSPS) is 10.1. The predicted molar refractivity (Wildman–Crippen MR) is 90.9 cm³/mol. The minimum absolute atomic E-state index is 0.0302. The molecule has 0 unspecified atom stereocenters. The second-order valence-corrected chi connectivity index (χ2v) is 5.35. The Bertz CT molecular complexity index is 612. The minimum Gasteiger partial charge on any atom is -0.354 e. The molecule has 0 saturated heterocycles. The lowest BCUT2D eigenvalue weighted by Crippen LogP contribution is -2.37. The molecule has 0 aliphatic carbocycles. The topological polar surface area (TPSA) is 58.2 Å². The van der Waals surface area contributed by atoms with Gasteiger partial charge in [-0.3, -0.25) is 9.59 Å². The molecule has 0 heterocycles. The lowest BCUT2D eigenvalue weighted by molar-refractivity contribution is -0.126. The van der Waals surface area contributed by atoms with Crippen LogP contribution in [0.25, 0.3) is 0 Å². The predicted octanol–water partition coefficient (Wildman–Crippen LogP) is 2.09. The SMILES string of the molecule is O=C(CCc1ccccc1)NCC(=O)NCCc1ccccc1. The van der Waals surface area contributed by atoms with Crippen molar-refractivity contribution < 1.29 is 9.59 Å². The van der Waals surface area contributed by atoms with Gasteiger partial charge in [-0.05, 0) is 24.0 Å². The van der Waals surface area contributed by atoms with E-state index in [4.69, 9.17) is 0 Å². The van der Waals surface area contributed by atoms with Crippen molar-refractivity contribution in [1.82, 2.24) is 10.6 Å². The molecule has 2 aromatic carbocycles. The highest BCUT2D eigenvalue weighted by Gasteiger charge is 2.05. The first kappa shape index (κ1) is 16.7. The van der Waals surface area contributed by atoms with Gasteiger partial charge in [0.05, 0.1) is 6.54 Å². The van der Waals surface area contributed by atoms with Gasteiger partial charge in [-0.15, -0.1) is 0 Å². The number of carbonyl (C=O) groups is 2. The molecule has 0 saturated carbocycles. The zero-order chi connectivity index (χ0) is 16.3. The Morgan fingerprint density at radius 3 is 1.87 bits per heavy atom. The molecule has 4 heteroatoms. The Kier molecular flexibility index (Phi) is 6.85. The summed E-state index contributed by atoms with van der Waals surface area (Å²) in [7, 11) is 0. The van der Waals surface area contributed by atoms with Gasteiger partial charge in [0, 0.05) is 13.0 Å². The molecule has 2 rings (SSSR count). The molecule has 2 aromatic rings. The molecule has 2 amide bonds. The zero-order valence-electron chi connectivity index (χ0n) is 13.1. The molecule has 120 valence electrons. The van der Waals surface area contributed by atoms with Gasteiger partial charge in [-0.1, -0.05) is 60.7 Å². The molecule has 0 radical (unpaired) electrons. The average molecular weight is 310 g/mol. The van der Waals surface area contributed by atoms with Crippen LogP contribution < -0.4 is 10.6 Å². The second kappa shape index (κ2) is 9.41. The third-order valence-electron chi connectivity index (χ3n) is 3.51. The number of hydrogen-bond acceptors (Lipinski definition) is 2. The zero-order valence-corrected chi connectivity index (χ0v) is 13.1. The summed E-state index contributed by atoms with van der Waals surface area (Å²) in [5, 5.41) is 5.46. The van der Waals surface area contributed by atoms with Crippen molar-refractivity contribution in [2.75, 3.05) is 13.1 Å². The molecule has 2 N–H and O–H groups in total. The molecule has 0 aromatic heterocycles. The van der Waals surface area contributed by atoms with Crippen molar-refractivity contribution in [2.45, 2.75) is 19.3 Å². The van der Waals surface area contributed by atoms with Crippen LogP contribution >= 0.6 is 0 Å². The first-order chi connectivity index (χ1) is 11.2. The number of aryl methyl sites for hydroxylation is 1. The Morgan fingerprint density at radius 2 is 1.26 bits per heavy atom. The van der Waals surface area contributed by atoms with Crippen molar-refractivity contribution in [3.05, 3.63) is 71.8 Å². The summed E-state index contributed by atoms with van der Waals surface area (Å²) in [6, 6.07) is 19.8. The fourth-order valence-corrected chi connectivity index (χ4v) is 2.22. The van der Waals surface area contributed by atoms with Gasteiger partial charge in [0.15, 0.2) is 0 Å². The third-order valence-corrected chi connectivity index (χ3v) is 3.51. The van der Waals surface area contributed by atoms with E-state index < -0.39 is 0 Å². The van der Waals surface area contributed by atoms with Crippen molar-refractivity contribution >= 4 is 11.8 Å². The molecule has 23 heavy (non-hydrogen) atoms. The standard InChI is InChI=1S/C19H22N2O2/c22-18(12-11-16-7-3-1-4-8-16)21-15-19(23)20-14-13-17-9-5-2-6-10-17/h1-10H,11-15H2,(H,20,23)(H,21,22). The van der Waals surface area contributed by atoms with Gasteiger partial charge in [0.25, 0.3) is 0 Å². The molecular weight excluding hydrogens is 288 g/mol. The van der Waals surface area contributed by atoms with Gasteiger partial charge in [-0.25, -0.2) is 0 Å². The van der Waals surface area contributed by atoms with Gasteiger partial charge in [-0.2, -0.15) is 0 Å². The number of benzene rings is 2. The Hall–Kier alpha value is -2.62. The van der Waals surface area contributed by atoms with Crippen molar-refractivity contribution in [2.24, 2.45) is 0 Å². The molecule has 4 nitrogen and oxygen atoms in total. The third kappa shape index (κ3) is 6.78. The van der Waals surface area contributed by atoms with E-state index in [0.717, 1.165) is 12.0 Å². The Labute approximate surface area is 136 Å². The highest BCUT2D eigenvalue weighted by Crippen LogP contribution is 2.02. The number of carbonyl (C=O) groups excluding carboxylic acids is 2. The smallest absolute Gasteiger partial charge is 0.239 e. The second-order valence-electron chi connectivity index (χ2n) is 5.35. The summed E-state index contributed by atoms with van der Waals surface area (Å²) in [4.78, 5) is 23.4. The van der Waals surface area contributed by atoms with Crippen LogP contribution in [0.2, 0.25) is 0 Å². The highest BCUT2D eigenvalue weighted by atomic mass is 16.2. The van der Waals surface area contributed by atoms with Crippen LogP contribution in [0.1, 0.15) is 17.5 Å². The van der Waals surface area contributed by atoms with E-state index in [0.29, 0.717) is 19.4 Å². The summed E-state index contributed by atoms with van der Waals surface area (Å²) in [6.45, 7) is 0.602. The van der Waals surface area contributed by atoms with Gasteiger partial charge in [0.1, 0.15) is 0 Å². The lowest BCUT2D eigenvalue weighted by atomic mass is 10.1. The van der Waals surface area contributed by atoms with Crippen LogP contribution in [0.5, 0.6) is 0 Å². The molecule has 0 bridgehead atoms. The molecule has 0 aliphatic rings. The van der Waals surface area contributed by atoms with Crippen LogP contribution in [-0.4, -0.2) is 24.9 Å². The van der Waals surface area contributed by atoms with E-state index in [1.807, 2.05) is 60.7 Å². The quantitative estimate of drug-likeness (QED) is 0.784. The summed E-state index contributed by atoms with van der Waals surface area (Å²) in [6.07, 6.45) is 1.86. The number of rotatable bonds is 8. The maximum absolute atomic E-state index is 11.7. The van der Waals surface area contributed by atoms with Gasteiger partial charge < -0.3 is 10.6 Å². The van der Waals surface area contributed by atoms with E-state index in [1.165, 1.54) is 5.56 Å². The Morgan fingerprint density at radius 1 is 0.696 bits per heavy atom. The van der Waals surface area contributed by atoms with Crippen molar-refractivity contribution in [3.8, 4) is 0 Å². The van der Waals surface area contributed by atoms with Gasteiger partial charge in [0.2, 0.25) is 11.8 Å². The van der Waals surface area contributed by atoms with Crippen LogP contribution in [0, 0.1) is 0 Å². The summed E-state index contributed by atoms with van der Waals surface area (Å²) in [5.41, 5.74) is 2.30. The maximum atomic E-state index is 11.7. The van der Waals surface area contributed by atoms with E-state index in [2.05, 4.69) is 10.6 Å². The largest absolute Gasteiger partial charge is 0.354 e.